The van der Waals surface area contributed by atoms with E-state index in [4.69, 9.17) is 4.74 Å². The van der Waals surface area contributed by atoms with Crippen LogP contribution in [0.3, 0.4) is 0 Å². The second-order valence-corrected chi connectivity index (χ2v) is 5.69. The third-order valence-electron chi connectivity index (χ3n) is 2.87. The molecule has 0 aliphatic rings. The molecule has 110 valence electrons. The fraction of sp³-hybridized carbons (Fsp3) is 0.0625. The smallest absolute Gasteiger partial charge is 0.223 e. The Balaban J connectivity index is 1.85. The van der Waals surface area contributed by atoms with E-state index in [1.807, 2.05) is 31.2 Å². The molecule has 0 radical (unpaired) electrons. The summed E-state index contributed by atoms with van der Waals surface area (Å²) in [7, 11) is 0. The van der Waals surface area contributed by atoms with E-state index in [1.54, 1.807) is 24.7 Å². The van der Waals surface area contributed by atoms with Crippen molar-refractivity contribution in [2.45, 2.75) is 16.7 Å². The van der Waals surface area contributed by atoms with Crippen LogP contribution in [-0.2, 0) is 0 Å². The number of ether oxygens (including phenoxy) is 1. The number of pyridine rings is 3. The molecule has 0 N–H and O–H groups in total. The lowest BCUT2D eigenvalue weighted by atomic mass is 10.3. The Morgan fingerprint density at radius 3 is 2.68 bits per heavy atom. The van der Waals surface area contributed by atoms with Crippen LogP contribution in [0.4, 0.5) is 0 Å². The Labute approximate surface area is 132 Å². The van der Waals surface area contributed by atoms with Crippen LogP contribution in [0, 0.1) is 12.1 Å². The second-order valence-electron chi connectivity index (χ2n) is 4.54. The Kier molecular flexibility index (Phi) is 4.20. The number of hydrogen-bond donors (Lipinski definition) is 0. The van der Waals surface area contributed by atoms with Crippen LogP contribution in [0.5, 0.6) is 11.5 Å². The number of aromatic nitrogens is 3. The lowest BCUT2D eigenvalue weighted by Gasteiger charge is -2.09. The fourth-order valence-corrected chi connectivity index (χ4v) is 2.72. The maximum Gasteiger partial charge on any atom is 0.223 e. The van der Waals surface area contributed by atoms with E-state index < -0.39 is 0 Å². The number of hydrogen-bond acceptors (Lipinski definition) is 5. The number of aryl methyl sites for hydroxylation is 1. The van der Waals surface area contributed by atoms with Crippen molar-refractivity contribution < 1.29 is 9.47 Å². The van der Waals surface area contributed by atoms with Crippen LogP contribution >= 0.6 is 11.8 Å². The molecule has 3 aromatic rings. The molecule has 6 heteroatoms. The Morgan fingerprint density at radius 1 is 1.09 bits per heavy atom. The molecule has 0 aliphatic carbocycles. The molecule has 0 unspecified atom stereocenters. The summed E-state index contributed by atoms with van der Waals surface area (Å²) in [6.07, 6.45) is 8.03. The topological polar surface area (TPSA) is 62.0 Å². The molecule has 0 aliphatic heterocycles. The molecule has 22 heavy (non-hydrogen) atoms. The SMILES string of the molecule is Cc1ncccc1Oc1cc(Sc2ccncc2)c[n+]([O-])c1. The first-order valence-electron chi connectivity index (χ1n) is 6.62. The average molecular weight is 311 g/mol. The van der Waals surface area contributed by atoms with Gasteiger partial charge in [0.1, 0.15) is 5.75 Å². The van der Waals surface area contributed by atoms with E-state index >= 15 is 0 Å². The van der Waals surface area contributed by atoms with E-state index in [9.17, 15) is 5.21 Å². The molecule has 0 aromatic carbocycles. The first kappa shape index (κ1) is 14.3. The van der Waals surface area contributed by atoms with Gasteiger partial charge in [-0.15, -0.1) is 0 Å². The lowest BCUT2D eigenvalue weighted by Crippen LogP contribution is -2.24. The number of rotatable bonds is 4. The Hall–Kier alpha value is -2.60. The van der Waals surface area contributed by atoms with Gasteiger partial charge in [-0.05, 0) is 31.2 Å². The van der Waals surface area contributed by atoms with Gasteiger partial charge in [0.2, 0.25) is 6.20 Å². The summed E-state index contributed by atoms with van der Waals surface area (Å²) in [5, 5.41) is 11.8. The van der Waals surface area contributed by atoms with Gasteiger partial charge in [-0.25, -0.2) is 0 Å². The van der Waals surface area contributed by atoms with Crippen molar-refractivity contribution in [3.63, 3.8) is 0 Å². The van der Waals surface area contributed by atoms with Gasteiger partial charge in [0.05, 0.1) is 10.6 Å². The van der Waals surface area contributed by atoms with E-state index in [2.05, 4.69) is 9.97 Å². The highest BCUT2D eigenvalue weighted by Crippen LogP contribution is 2.30. The maximum absolute atomic E-state index is 11.8. The molecule has 0 saturated carbocycles. The quantitative estimate of drug-likeness (QED) is 0.546. The predicted molar refractivity (Wildman–Crippen MR) is 82.8 cm³/mol. The molecule has 0 amide bonds. The molecule has 3 heterocycles. The van der Waals surface area contributed by atoms with Gasteiger partial charge in [-0.2, -0.15) is 4.73 Å². The third kappa shape index (κ3) is 3.53. The predicted octanol–water partition coefficient (Wildman–Crippen LogP) is 3.36. The van der Waals surface area contributed by atoms with Crippen LogP contribution in [0.25, 0.3) is 0 Å². The van der Waals surface area contributed by atoms with Crippen LogP contribution in [0.1, 0.15) is 5.69 Å². The minimum absolute atomic E-state index is 0.477. The van der Waals surface area contributed by atoms with E-state index in [-0.39, 0.29) is 0 Å². The van der Waals surface area contributed by atoms with E-state index in [1.165, 1.54) is 24.2 Å². The molecule has 5 nitrogen and oxygen atoms in total. The van der Waals surface area contributed by atoms with Crippen molar-refractivity contribution in [3.8, 4) is 11.5 Å². The highest BCUT2D eigenvalue weighted by molar-refractivity contribution is 7.99. The van der Waals surface area contributed by atoms with Gasteiger partial charge in [-0.3, -0.25) is 9.97 Å². The van der Waals surface area contributed by atoms with E-state index in [0.717, 1.165) is 20.2 Å². The Morgan fingerprint density at radius 2 is 1.91 bits per heavy atom. The monoisotopic (exact) mass is 311 g/mol. The van der Waals surface area contributed by atoms with Gasteiger partial charge >= 0.3 is 0 Å². The summed E-state index contributed by atoms with van der Waals surface area (Å²) in [5.74, 6) is 1.11. The zero-order chi connectivity index (χ0) is 15.4. The molecular weight excluding hydrogens is 298 g/mol. The minimum Gasteiger partial charge on any atom is -0.619 e. The highest BCUT2D eigenvalue weighted by Gasteiger charge is 2.09. The molecule has 0 fully saturated rings. The van der Waals surface area contributed by atoms with Crippen molar-refractivity contribution in [2.24, 2.45) is 0 Å². The zero-order valence-electron chi connectivity index (χ0n) is 11.8. The second kappa shape index (κ2) is 6.44. The minimum atomic E-state index is 0.477. The fourth-order valence-electron chi connectivity index (χ4n) is 1.86. The van der Waals surface area contributed by atoms with Crippen LogP contribution < -0.4 is 9.47 Å². The first-order chi connectivity index (χ1) is 10.7. The molecular formula is C16H13N3O2S. The van der Waals surface area contributed by atoms with Crippen molar-refractivity contribution in [1.29, 1.82) is 0 Å². The van der Waals surface area contributed by atoms with Gasteiger partial charge in [0.15, 0.2) is 11.9 Å². The Bertz CT molecular complexity index is 781. The average Bonchev–Trinajstić information content (AvgIpc) is 2.50. The third-order valence-corrected chi connectivity index (χ3v) is 3.83. The van der Waals surface area contributed by atoms with Crippen molar-refractivity contribution in [2.75, 3.05) is 0 Å². The first-order valence-corrected chi connectivity index (χ1v) is 7.43. The summed E-state index contributed by atoms with van der Waals surface area (Å²) in [4.78, 5) is 9.94. The highest BCUT2D eigenvalue weighted by atomic mass is 32.2. The molecule has 0 spiro atoms. The summed E-state index contributed by atoms with van der Waals surface area (Å²) in [6, 6.07) is 9.21. The van der Waals surface area contributed by atoms with Gasteiger partial charge < -0.3 is 9.94 Å². The van der Waals surface area contributed by atoms with Gasteiger partial charge in [0.25, 0.3) is 0 Å². The van der Waals surface area contributed by atoms with Crippen LogP contribution in [0.15, 0.2) is 71.1 Å². The molecule has 3 aromatic heterocycles. The summed E-state index contributed by atoms with van der Waals surface area (Å²) in [6.45, 7) is 1.86. The number of nitrogens with zero attached hydrogens (tertiary/aromatic N) is 3. The largest absolute Gasteiger partial charge is 0.619 e. The summed E-state index contributed by atoms with van der Waals surface area (Å²) >= 11 is 1.47. The summed E-state index contributed by atoms with van der Waals surface area (Å²) < 4.78 is 6.50. The van der Waals surface area contributed by atoms with Gasteiger partial charge in [0, 0.05) is 29.6 Å². The van der Waals surface area contributed by atoms with Crippen LogP contribution in [-0.4, -0.2) is 9.97 Å². The molecule has 0 saturated heterocycles. The standard InChI is InChI=1S/C16H13N3O2S/c1-12-16(3-2-6-18-12)21-13-9-15(11-19(20)10-13)22-14-4-7-17-8-5-14/h2-11H,1H3. The van der Waals surface area contributed by atoms with Crippen LogP contribution in [0.2, 0.25) is 0 Å². The maximum atomic E-state index is 11.8. The van der Waals surface area contributed by atoms with Crippen molar-refractivity contribution in [3.05, 3.63) is 72.2 Å². The lowest BCUT2D eigenvalue weighted by molar-refractivity contribution is -0.607. The van der Waals surface area contributed by atoms with Crippen molar-refractivity contribution in [1.82, 2.24) is 9.97 Å². The van der Waals surface area contributed by atoms with E-state index in [0.29, 0.717) is 11.5 Å². The normalized spacial score (nSPS) is 10.4. The molecule has 3 rings (SSSR count). The molecule has 0 bridgehead atoms. The van der Waals surface area contributed by atoms with Crippen molar-refractivity contribution >= 4 is 11.8 Å². The van der Waals surface area contributed by atoms with Gasteiger partial charge in [-0.1, -0.05) is 11.8 Å². The molecule has 0 atom stereocenters. The zero-order valence-corrected chi connectivity index (χ0v) is 12.7. The summed E-state index contributed by atoms with van der Waals surface area (Å²) in [5.41, 5.74) is 0.770.